The number of amides is 1. The van der Waals surface area contributed by atoms with E-state index in [0.717, 1.165) is 30.7 Å². The smallest absolute Gasteiger partial charge is 0.379 e. The van der Waals surface area contributed by atoms with E-state index in [-0.39, 0.29) is 11.7 Å². The maximum absolute atomic E-state index is 13.1. The summed E-state index contributed by atoms with van der Waals surface area (Å²) >= 11 is 0. The van der Waals surface area contributed by atoms with Gasteiger partial charge in [0.15, 0.2) is 0 Å². The summed E-state index contributed by atoms with van der Waals surface area (Å²) in [5.41, 5.74) is 2.22. The molecule has 29 heavy (non-hydrogen) atoms. The van der Waals surface area contributed by atoms with Crippen molar-refractivity contribution in [2.75, 3.05) is 13.1 Å². The van der Waals surface area contributed by atoms with Crippen LogP contribution in [0, 0.1) is 13.8 Å². The number of benzene rings is 1. The van der Waals surface area contributed by atoms with Crippen LogP contribution in [0.1, 0.15) is 52.9 Å². The van der Waals surface area contributed by atoms with Gasteiger partial charge in [-0.1, -0.05) is 30.3 Å². The Balaban J connectivity index is 1.62. The number of rotatable bonds is 4. The molecule has 0 N–H and O–H groups in total. The molecule has 1 amide bonds. The summed E-state index contributed by atoms with van der Waals surface area (Å²) < 4.78 is 7.13. The quantitative estimate of drug-likeness (QED) is 0.633. The van der Waals surface area contributed by atoms with Crippen LogP contribution in [-0.2, 0) is 9.53 Å². The fourth-order valence-electron chi connectivity index (χ4n) is 3.58. The maximum atomic E-state index is 13.1. The van der Waals surface area contributed by atoms with Gasteiger partial charge in [-0.3, -0.25) is 4.79 Å². The molecule has 150 valence electrons. The van der Waals surface area contributed by atoms with E-state index in [0.29, 0.717) is 24.4 Å². The Labute approximate surface area is 168 Å². The van der Waals surface area contributed by atoms with Crippen LogP contribution >= 0.6 is 0 Å². The molecule has 0 radical (unpaired) electrons. The number of fused-ring (bicyclic) bond motifs is 1. The van der Waals surface area contributed by atoms with Gasteiger partial charge in [0.1, 0.15) is 0 Å². The topological polar surface area (TPSA) is 89.7 Å². The second-order valence-corrected chi connectivity index (χ2v) is 7.27. The molecule has 8 nitrogen and oxygen atoms in total. The van der Waals surface area contributed by atoms with Crippen LogP contribution in [-0.4, -0.2) is 49.4 Å². The molecule has 1 fully saturated rings. The number of aromatic nitrogens is 4. The van der Waals surface area contributed by atoms with Crippen molar-refractivity contribution in [3.63, 3.8) is 0 Å². The highest BCUT2D eigenvalue weighted by Gasteiger charge is 2.31. The number of carbonyl (C=O) groups excluding carboxylic acids is 2. The summed E-state index contributed by atoms with van der Waals surface area (Å²) in [4.78, 5) is 36.2. The summed E-state index contributed by atoms with van der Waals surface area (Å²) in [5, 5.41) is 4.22. The zero-order valence-corrected chi connectivity index (χ0v) is 16.5. The lowest BCUT2D eigenvalue weighted by Gasteiger charge is -2.30. The standard InChI is InChI=1S/C21H23N5O3/c1-14-13-15(2)26-21(22-14)23-18(24-26)20(28)29-17(16-9-5-3-6-10-16)19(27)25-11-7-4-8-12-25/h3,5-6,9-10,13,17H,4,7-8,11-12H2,1-2H3/t17-/m1/s1. The Morgan fingerprint density at radius 2 is 1.76 bits per heavy atom. The molecule has 8 heteroatoms. The van der Waals surface area contributed by atoms with E-state index in [1.165, 1.54) is 4.52 Å². The number of likely N-dealkylation sites (tertiary alicyclic amines) is 1. The minimum atomic E-state index is -1.02. The molecule has 4 rings (SSSR count). The molecule has 1 saturated heterocycles. The largest absolute Gasteiger partial charge is 0.441 e. The van der Waals surface area contributed by atoms with Gasteiger partial charge in [0.2, 0.25) is 6.10 Å². The maximum Gasteiger partial charge on any atom is 0.379 e. The van der Waals surface area contributed by atoms with Gasteiger partial charge in [0.25, 0.3) is 17.5 Å². The van der Waals surface area contributed by atoms with E-state index in [2.05, 4.69) is 15.1 Å². The monoisotopic (exact) mass is 393 g/mol. The van der Waals surface area contributed by atoms with Gasteiger partial charge in [-0.25, -0.2) is 14.3 Å². The minimum absolute atomic E-state index is 0.112. The van der Waals surface area contributed by atoms with Crippen molar-refractivity contribution in [1.29, 1.82) is 0 Å². The van der Waals surface area contributed by atoms with E-state index in [4.69, 9.17) is 4.74 Å². The fourth-order valence-corrected chi connectivity index (χ4v) is 3.58. The zero-order valence-electron chi connectivity index (χ0n) is 16.5. The number of ether oxygens (including phenoxy) is 1. The average Bonchev–Trinajstić information content (AvgIpc) is 3.17. The second-order valence-electron chi connectivity index (χ2n) is 7.27. The Morgan fingerprint density at radius 1 is 1.03 bits per heavy atom. The molecule has 1 aromatic carbocycles. The van der Waals surface area contributed by atoms with E-state index in [1.807, 2.05) is 38.1 Å². The molecule has 0 unspecified atom stereocenters. The van der Waals surface area contributed by atoms with Crippen LogP contribution in [0.4, 0.5) is 0 Å². The van der Waals surface area contributed by atoms with Crippen LogP contribution in [0.15, 0.2) is 36.4 Å². The molecular formula is C21H23N5O3. The van der Waals surface area contributed by atoms with Crippen molar-refractivity contribution >= 4 is 17.7 Å². The fraction of sp³-hybridized carbons (Fsp3) is 0.381. The number of nitrogens with zero attached hydrogens (tertiary/aromatic N) is 5. The van der Waals surface area contributed by atoms with Gasteiger partial charge < -0.3 is 9.64 Å². The lowest BCUT2D eigenvalue weighted by molar-refractivity contribution is -0.142. The Morgan fingerprint density at radius 3 is 2.48 bits per heavy atom. The number of carbonyl (C=O) groups is 2. The normalized spacial score (nSPS) is 15.3. The Hall–Kier alpha value is -3.29. The third-order valence-electron chi connectivity index (χ3n) is 5.02. The Kier molecular flexibility index (Phi) is 5.24. The number of aryl methyl sites for hydroxylation is 2. The first kappa shape index (κ1) is 19.0. The van der Waals surface area contributed by atoms with Crippen LogP contribution in [0.2, 0.25) is 0 Å². The molecule has 3 aromatic rings. The molecular weight excluding hydrogens is 370 g/mol. The van der Waals surface area contributed by atoms with Crippen molar-refractivity contribution in [2.24, 2.45) is 0 Å². The summed E-state index contributed by atoms with van der Waals surface area (Å²) in [6, 6.07) is 10.9. The van der Waals surface area contributed by atoms with Crippen molar-refractivity contribution in [3.8, 4) is 0 Å². The van der Waals surface area contributed by atoms with Gasteiger partial charge in [-0.15, -0.1) is 5.10 Å². The predicted molar refractivity (Wildman–Crippen MR) is 105 cm³/mol. The molecule has 1 aliphatic heterocycles. The van der Waals surface area contributed by atoms with E-state index in [9.17, 15) is 9.59 Å². The van der Waals surface area contributed by atoms with Gasteiger partial charge in [0, 0.05) is 30.0 Å². The molecule has 2 aromatic heterocycles. The highest BCUT2D eigenvalue weighted by atomic mass is 16.5. The third-order valence-corrected chi connectivity index (χ3v) is 5.02. The van der Waals surface area contributed by atoms with Crippen LogP contribution < -0.4 is 0 Å². The van der Waals surface area contributed by atoms with E-state index < -0.39 is 12.1 Å². The van der Waals surface area contributed by atoms with E-state index >= 15 is 0 Å². The number of piperidine rings is 1. The highest BCUT2D eigenvalue weighted by Crippen LogP contribution is 2.23. The number of hydrogen-bond acceptors (Lipinski definition) is 6. The molecule has 0 spiro atoms. The highest BCUT2D eigenvalue weighted by molar-refractivity contribution is 5.90. The lowest BCUT2D eigenvalue weighted by Crippen LogP contribution is -2.40. The molecule has 1 atom stereocenters. The van der Waals surface area contributed by atoms with E-state index in [1.54, 1.807) is 17.0 Å². The summed E-state index contributed by atoms with van der Waals surface area (Å²) in [7, 11) is 0. The van der Waals surface area contributed by atoms with Crippen molar-refractivity contribution < 1.29 is 14.3 Å². The molecule has 0 saturated carbocycles. The van der Waals surface area contributed by atoms with Crippen molar-refractivity contribution in [2.45, 2.75) is 39.2 Å². The van der Waals surface area contributed by atoms with Crippen LogP contribution in [0.3, 0.4) is 0 Å². The summed E-state index contributed by atoms with van der Waals surface area (Å²) in [6.45, 7) is 5.06. The zero-order chi connectivity index (χ0) is 20.4. The summed E-state index contributed by atoms with van der Waals surface area (Å²) in [5.74, 6) is -0.739. The molecule has 3 heterocycles. The van der Waals surface area contributed by atoms with Crippen LogP contribution in [0.25, 0.3) is 5.78 Å². The van der Waals surface area contributed by atoms with Gasteiger partial charge in [-0.05, 0) is 39.2 Å². The predicted octanol–water partition coefficient (Wildman–Crippen LogP) is 2.65. The molecule has 1 aliphatic rings. The van der Waals surface area contributed by atoms with Gasteiger partial charge >= 0.3 is 5.97 Å². The van der Waals surface area contributed by atoms with Gasteiger partial charge in [0.05, 0.1) is 0 Å². The Bertz CT molecular complexity index is 1040. The minimum Gasteiger partial charge on any atom is -0.441 e. The van der Waals surface area contributed by atoms with Crippen LogP contribution in [0.5, 0.6) is 0 Å². The molecule has 0 bridgehead atoms. The summed E-state index contributed by atoms with van der Waals surface area (Å²) in [6.07, 6.45) is 2.00. The molecule has 0 aliphatic carbocycles. The first-order valence-electron chi connectivity index (χ1n) is 9.78. The average molecular weight is 393 g/mol. The first-order chi connectivity index (χ1) is 14.0. The number of esters is 1. The first-order valence-corrected chi connectivity index (χ1v) is 9.78. The second kappa shape index (κ2) is 7.98. The van der Waals surface area contributed by atoms with Gasteiger partial charge in [-0.2, -0.15) is 4.98 Å². The lowest BCUT2D eigenvalue weighted by atomic mass is 10.1. The number of hydrogen-bond donors (Lipinski definition) is 0. The van der Waals surface area contributed by atoms with Crippen molar-refractivity contribution in [1.82, 2.24) is 24.5 Å². The third kappa shape index (κ3) is 3.96. The van der Waals surface area contributed by atoms with Crippen molar-refractivity contribution in [3.05, 3.63) is 59.2 Å². The SMILES string of the molecule is Cc1cc(C)n2nc(C(=O)O[C@@H](C(=O)N3CCCCC3)c3ccccc3)nc2n1.